The summed E-state index contributed by atoms with van der Waals surface area (Å²) in [5.41, 5.74) is 0.567. The maximum Gasteiger partial charge on any atom is 0.434 e. The number of nitro groups is 1. The summed E-state index contributed by atoms with van der Waals surface area (Å²) in [5, 5.41) is 11.1. The average Bonchev–Trinajstić information content (AvgIpc) is 3.17. The third-order valence-electron chi connectivity index (χ3n) is 4.27. The molecule has 1 saturated heterocycles. The van der Waals surface area contributed by atoms with E-state index in [4.69, 9.17) is 13.7 Å². The highest BCUT2D eigenvalue weighted by Crippen LogP contribution is 2.31. The van der Waals surface area contributed by atoms with Gasteiger partial charge in [0, 0.05) is 0 Å². The molecule has 28 heavy (non-hydrogen) atoms. The van der Waals surface area contributed by atoms with Gasteiger partial charge in [-0.1, -0.05) is 23.2 Å². The molecule has 0 unspecified atom stereocenters. The number of aromatic nitrogens is 2. The molecule has 0 N–H and O–H groups in total. The largest absolute Gasteiger partial charge is 0.434 e. The van der Waals surface area contributed by atoms with E-state index in [0.29, 0.717) is 5.56 Å². The average molecular weight is 411 g/mol. The quantitative estimate of drug-likeness (QED) is 0.385. The van der Waals surface area contributed by atoms with Crippen molar-refractivity contribution in [3.05, 3.63) is 52.3 Å². The lowest BCUT2D eigenvalue weighted by atomic mass is 10.2. The minimum atomic E-state index is -3.99. The van der Waals surface area contributed by atoms with E-state index in [9.17, 15) is 18.5 Å². The maximum absolute atomic E-state index is 12.5. The Kier molecular flexibility index (Phi) is 5.53. The second-order valence-corrected chi connectivity index (χ2v) is 8.44. The minimum Gasteiger partial charge on any atom is -0.390 e. The van der Waals surface area contributed by atoms with Crippen LogP contribution in [0.15, 0.2) is 41.6 Å². The minimum absolute atomic E-state index is 0.0676. The zero-order valence-corrected chi connectivity index (χ0v) is 16.5. The Labute approximate surface area is 162 Å². The summed E-state index contributed by atoms with van der Waals surface area (Å²) >= 11 is 0. The Bertz CT molecular complexity index is 971. The SMILES string of the molecule is Cc1ccccc1S(=O)(=O)OC[C@H]1OC(C)(C)O[C@@H]1Cn1ccnc1[N+](=O)[O-]. The molecule has 10 nitrogen and oxygen atoms in total. The molecule has 1 aliphatic heterocycles. The second kappa shape index (κ2) is 7.59. The second-order valence-electron chi connectivity index (χ2n) is 6.85. The van der Waals surface area contributed by atoms with E-state index in [1.807, 2.05) is 0 Å². The van der Waals surface area contributed by atoms with E-state index < -0.39 is 33.0 Å². The lowest BCUT2D eigenvalue weighted by molar-refractivity contribution is -0.397. The Morgan fingerprint density at radius 2 is 1.96 bits per heavy atom. The lowest BCUT2D eigenvalue weighted by Crippen LogP contribution is -2.32. The molecule has 0 saturated carbocycles. The van der Waals surface area contributed by atoms with E-state index in [1.54, 1.807) is 39.0 Å². The van der Waals surface area contributed by atoms with Gasteiger partial charge >= 0.3 is 5.95 Å². The van der Waals surface area contributed by atoms with Crippen molar-refractivity contribution in [2.24, 2.45) is 0 Å². The van der Waals surface area contributed by atoms with E-state index >= 15 is 0 Å². The molecule has 1 fully saturated rings. The molecule has 2 atom stereocenters. The molecule has 1 aromatic carbocycles. The van der Waals surface area contributed by atoms with E-state index in [-0.39, 0.29) is 24.0 Å². The summed E-state index contributed by atoms with van der Waals surface area (Å²) in [6.07, 6.45) is 1.37. The first kappa shape index (κ1) is 20.4. The van der Waals surface area contributed by atoms with Crippen LogP contribution in [0.4, 0.5) is 5.95 Å². The summed E-state index contributed by atoms with van der Waals surface area (Å²) in [7, 11) is -3.99. The first-order valence-electron chi connectivity index (χ1n) is 8.55. The molecule has 0 aliphatic carbocycles. The summed E-state index contributed by atoms with van der Waals surface area (Å²) in [6.45, 7) is 4.82. The molecule has 1 aromatic heterocycles. The number of benzene rings is 1. The molecule has 0 spiro atoms. The van der Waals surface area contributed by atoms with E-state index in [2.05, 4.69) is 4.98 Å². The van der Waals surface area contributed by atoms with Gasteiger partial charge in [0.25, 0.3) is 10.1 Å². The van der Waals surface area contributed by atoms with Crippen molar-refractivity contribution in [3.8, 4) is 0 Å². The number of nitrogens with zero attached hydrogens (tertiary/aromatic N) is 3. The smallest absolute Gasteiger partial charge is 0.390 e. The molecule has 3 rings (SSSR count). The van der Waals surface area contributed by atoms with Crippen LogP contribution in [0.3, 0.4) is 0 Å². The number of hydrogen-bond donors (Lipinski definition) is 0. The molecule has 0 amide bonds. The van der Waals surface area contributed by atoms with Gasteiger partial charge in [-0.15, -0.1) is 0 Å². The zero-order chi connectivity index (χ0) is 20.5. The van der Waals surface area contributed by atoms with Crippen molar-refractivity contribution >= 4 is 16.1 Å². The number of imidazole rings is 1. The molecular weight excluding hydrogens is 390 g/mol. The first-order chi connectivity index (χ1) is 13.1. The van der Waals surface area contributed by atoms with Crippen LogP contribution in [0.5, 0.6) is 0 Å². The fourth-order valence-electron chi connectivity index (χ4n) is 3.07. The van der Waals surface area contributed by atoms with Crippen LogP contribution in [0.1, 0.15) is 19.4 Å². The summed E-state index contributed by atoms with van der Waals surface area (Å²) in [5.74, 6) is -1.32. The topological polar surface area (TPSA) is 123 Å². The monoisotopic (exact) mass is 411 g/mol. The normalized spacial score (nSPS) is 21.7. The predicted molar refractivity (Wildman–Crippen MR) is 97.0 cm³/mol. The Morgan fingerprint density at radius 3 is 2.64 bits per heavy atom. The molecule has 0 bridgehead atoms. The van der Waals surface area contributed by atoms with E-state index in [1.165, 1.54) is 23.0 Å². The molecule has 1 aliphatic rings. The standard InChI is InChI=1S/C17H21N3O7S/c1-12-6-4-5-7-15(12)28(23,24)25-11-14-13(26-17(2,3)27-14)10-19-9-8-18-16(19)20(21)22/h4-9,13-14H,10-11H2,1-3H3/t13-,14-/m1/s1. The molecule has 11 heteroatoms. The van der Waals surface area contributed by atoms with Crippen LogP contribution in [0.2, 0.25) is 0 Å². The highest BCUT2D eigenvalue weighted by molar-refractivity contribution is 7.86. The molecule has 2 heterocycles. The lowest BCUT2D eigenvalue weighted by Gasteiger charge is -2.17. The molecule has 2 aromatic rings. The van der Waals surface area contributed by atoms with Gasteiger partial charge in [0.2, 0.25) is 0 Å². The summed E-state index contributed by atoms with van der Waals surface area (Å²) in [4.78, 5) is 14.2. The number of ether oxygens (including phenoxy) is 2. The van der Waals surface area contributed by atoms with E-state index in [0.717, 1.165) is 0 Å². The van der Waals surface area contributed by atoms with Gasteiger partial charge in [-0.05, 0) is 37.3 Å². The molecule has 0 radical (unpaired) electrons. The van der Waals surface area contributed by atoms with Gasteiger partial charge in [-0.25, -0.2) is 4.57 Å². The highest BCUT2D eigenvalue weighted by atomic mass is 32.2. The van der Waals surface area contributed by atoms with Crippen molar-refractivity contribution in [2.75, 3.05) is 6.61 Å². The van der Waals surface area contributed by atoms with Gasteiger partial charge < -0.3 is 19.6 Å². The Hall–Kier alpha value is -2.34. The predicted octanol–water partition coefficient (Wildman–Crippen LogP) is 2.03. The van der Waals surface area contributed by atoms with Crippen molar-refractivity contribution in [3.63, 3.8) is 0 Å². The van der Waals surface area contributed by atoms with Gasteiger partial charge in [-0.2, -0.15) is 8.42 Å². The molecular formula is C17H21N3O7S. The van der Waals surface area contributed by atoms with Crippen molar-refractivity contribution in [1.82, 2.24) is 9.55 Å². The number of hydrogen-bond acceptors (Lipinski definition) is 8. The van der Waals surface area contributed by atoms with Crippen molar-refractivity contribution < 1.29 is 27.0 Å². The van der Waals surface area contributed by atoms with Gasteiger partial charge in [0.15, 0.2) is 5.79 Å². The van der Waals surface area contributed by atoms with Crippen molar-refractivity contribution in [2.45, 2.75) is 50.2 Å². The Balaban J connectivity index is 1.75. The first-order valence-corrected chi connectivity index (χ1v) is 9.96. The van der Waals surface area contributed by atoms with Gasteiger partial charge in [0.1, 0.15) is 31.1 Å². The Morgan fingerprint density at radius 1 is 1.29 bits per heavy atom. The van der Waals surface area contributed by atoms with Crippen LogP contribution in [0.25, 0.3) is 0 Å². The number of rotatable bonds is 7. The number of aryl methyl sites for hydroxylation is 1. The third kappa shape index (κ3) is 4.38. The van der Waals surface area contributed by atoms with Crippen LogP contribution < -0.4 is 0 Å². The summed E-state index contributed by atoms with van der Waals surface area (Å²) < 4.78 is 43.1. The van der Waals surface area contributed by atoms with Crippen molar-refractivity contribution in [1.29, 1.82) is 0 Å². The summed E-state index contributed by atoms with van der Waals surface area (Å²) in [6, 6.07) is 6.49. The third-order valence-corrected chi connectivity index (χ3v) is 5.71. The van der Waals surface area contributed by atoms with Crippen LogP contribution in [-0.2, 0) is 30.3 Å². The highest BCUT2D eigenvalue weighted by Gasteiger charge is 2.43. The van der Waals surface area contributed by atoms with Gasteiger partial charge in [-0.3, -0.25) is 4.18 Å². The van der Waals surface area contributed by atoms with Crippen LogP contribution >= 0.6 is 0 Å². The molecule has 152 valence electrons. The maximum atomic E-state index is 12.5. The van der Waals surface area contributed by atoms with Gasteiger partial charge in [0.05, 0.1) is 11.5 Å². The zero-order valence-electron chi connectivity index (χ0n) is 15.6. The fraction of sp³-hybridized carbons (Fsp3) is 0.471. The van der Waals surface area contributed by atoms with Crippen LogP contribution in [0, 0.1) is 17.0 Å². The fourth-order valence-corrected chi connectivity index (χ4v) is 4.22. The van der Waals surface area contributed by atoms with Crippen LogP contribution in [-0.4, -0.2) is 47.5 Å².